The van der Waals surface area contributed by atoms with Gasteiger partial charge in [-0.05, 0) is 5.41 Å². The van der Waals surface area contributed by atoms with Crippen LogP contribution in [0.5, 0.6) is 0 Å². The topological polar surface area (TPSA) is 76.1 Å². The molecule has 108 valence electrons. The van der Waals surface area contributed by atoms with Crippen LogP contribution in [0.3, 0.4) is 0 Å². The van der Waals surface area contributed by atoms with E-state index in [4.69, 9.17) is 14.6 Å². The van der Waals surface area contributed by atoms with Gasteiger partial charge in [0.05, 0.1) is 11.8 Å². The quantitative estimate of drug-likeness (QED) is 0.791. The predicted molar refractivity (Wildman–Crippen MR) is 66.6 cm³/mol. The van der Waals surface area contributed by atoms with Gasteiger partial charge in [-0.3, -0.25) is 9.59 Å². The predicted octanol–water partition coefficient (Wildman–Crippen LogP) is 0.215. The standard InChI is InChI=1S/C13H21NO5/c1-13(2)9(10(13)12(16)17)11(15)14-5-7(18-3)8(6-14)19-4/h7-10H,5-6H2,1-4H3,(H,16,17)/t7?,8?,9-,10+/m1/s1. The van der Waals surface area contributed by atoms with E-state index >= 15 is 0 Å². The number of carbonyl (C=O) groups is 2. The van der Waals surface area contributed by atoms with Gasteiger partial charge in [0.15, 0.2) is 0 Å². The third-order valence-corrected chi connectivity index (χ3v) is 4.49. The third-order valence-electron chi connectivity index (χ3n) is 4.49. The Bertz CT molecular complexity index is 382. The lowest BCUT2D eigenvalue weighted by molar-refractivity contribution is -0.142. The number of hydrogen-bond acceptors (Lipinski definition) is 4. The Morgan fingerprint density at radius 1 is 1.11 bits per heavy atom. The van der Waals surface area contributed by atoms with Crippen molar-refractivity contribution in [1.82, 2.24) is 4.90 Å². The van der Waals surface area contributed by atoms with E-state index < -0.39 is 23.2 Å². The molecule has 1 aliphatic heterocycles. The zero-order valence-corrected chi connectivity index (χ0v) is 11.8. The molecule has 0 aromatic carbocycles. The Balaban J connectivity index is 2.05. The molecule has 1 saturated carbocycles. The van der Waals surface area contributed by atoms with Gasteiger partial charge in [-0.2, -0.15) is 0 Å². The highest BCUT2D eigenvalue weighted by atomic mass is 16.5. The smallest absolute Gasteiger partial charge is 0.307 e. The number of amides is 1. The molecule has 6 nitrogen and oxygen atoms in total. The summed E-state index contributed by atoms with van der Waals surface area (Å²) in [4.78, 5) is 25.2. The molecule has 0 bridgehead atoms. The fourth-order valence-electron chi connectivity index (χ4n) is 3.13. The minimum absolute atomic E-state index is 0.0981. The van der Waals surface area contributed by atoms with Crippen molar-refractivity contribution >= 4 is 11.9 Å². The molecule has 1 aliphatic carbocycles. The van der Waals surface area contributed by atoms with Crippen molar-refractivity contribution in [3.05, 3.63) is 0 Å². The second-order valence-corrected chi connectivity index (χ2v) is 5.91. The number of likely N-dealkylation sites (tertiary alicyclic amines) is 1. The van der Waals surface area contributed by atoms with Gasteiger partial charge in [0, 0.05) is 27.3 Å². The average Bonchev–Trinajstić information content (AvgIpc) is 2.73. The van der Waals surface area contributed by atoms with E-state index in [9.17, 15) is 9.59 Å². The number of hydrogen-bond donors (Lipinski definition) is 1. The first kappa shape index (κ1) is 14.3. The van der Waals surface area contributed by atoms with E-state index in [1.165, 1.54) is 0 Å². The fraction of sp³-hybridized carbons (Fsp3) is 0.846. The summed E-state index contributed by atoms with van der Waals surface area (Å²) in [5, 5.41) is 9.13. The molecule has 19 heavy (non-hydrogen) atoms. The van der Waals surface area contributed by atoms with E-state index in [1.807, 2.05) is 13.8 Å². The van der Waals surface area contributed by atoms with Crippen LogP contribution < -0.4 is 0 Å². The third kappa shape index (κ3) is 2.23. The van der Waals surface area contributed by atoms with Crippen molar-refractivity contribution in [1.29, 1.82) is 0 Å². The van der Waals surface area contributed by atoms with E-state index in [1.54, 1.807) is 19.1 Å². The van der Waals surface area contributed by atoms with Crippen molar-refractivity contribution < 1.29 is 24.2 Å². The van der Waals surface area contributed by atoms with Crippen LogP contribution in [-0.4, -0.2) is 61.4 Å². The largest absolute Gasteiger partial charge is 0.481 e. The number of aliphatic carboxylic acids is 1. The van der Waals surface area contributed by atoms with Gasteiger partial charge < -0.3 is 19.5 Å². The van der Waals surface area contributed by atoms with Crippen LogP contribution in [0.4, 0.5) is 0 Å². The summed E-state index contributed by atoms with van der Waals surface area (Å²) in [6.07, 6.45) is -0.279. The Kier molecular flexibility index (Phi) is 3.57. The van der Waals surface area contributed by atoms with Crippen LogP contribution in [-0.2, 0) is 19.1 Å². The number of ether oxygens (including phenoxy) is 2. The molecule has 4 atom stereocenters. The number of methoxy groups -OCH3 is 2. The van der Waals surface area contributed by atoms with Crippen LogP contribution in [0.25, 0.3) is 0 Å². The maximum atomic E-state index is 12.4. The normalized spacial score (nSPS) is 36.3. The van der Waals surface area contributed by atoms with Gasteiger partial charge in [-0.25, -0.2) is 0 Å². The lowest BCUT2D eigenvalue weighted by Crippen LogP contribution is -2.33. The van der Waals surface area contributed by atoms with E-state index in [-0.39, 0.29) is 18.1 Å². The molecule has 0 aromatic heterocycles. The Hall–Kier alpha value is -1.14. The lowest BCUT2D eigenvalue weighted by atomic mass is 10.1. The molecular formula is C13H21NO5. The van der Waals surface area contributed by atoms with Gasteiger partial charge in [-0.1, -0.05) is 13.8 Å². The zero-order valence-electron chi connectivity index (χ0n) is 11.8. The van der Waals surface area contributed by atoms with Gasteiger partial charge >= 0.3 is 5.97 Å². The summed E-state index contributed by atoms with van der Waals surface area (Å²) in [5.41, 5.74) is -0.462. The number of carboxylic acid groups (broad SMARTS) is 1. The maximum Gasteiger partial charge on any atom is 0.307 e. The first-order chi connectivity index (χ1) is 8.84. The number of carbonyl (C=O) groups excluding carboxylic acids is 1. The highest BCUT2D eigenvalue weighted by molar-refractivity contribution is 5.91. The maximum absolute atomic E-state index is 12.4. The van der Waals surface area contributed by atoms with Crippen LogP contribution >= 0.6 is 0 Å². The zero-order chi connectivity index (χ0) is 14.4. The number of nitrogens with zero attached hydrogens (tertiary/aromatic N) is 1. The summed E-state index contributed by atoms with van der Waals surface area (Å²) in [6, 6.07) is 0. The van der Waals surface area contributed by atoms with E-state index in [2.05, 4.69) is 0 Å². The van der Waals surface area contributed by atoms with Crippen molar-refractivity contribution in [2.24, 2.45) is 17.3 Å². The molecule has 0 radical (unpaired) electrons. The SMILES string of the molecule is COC1CN(C(=O)[C@H]2[C@@H](C(=O)O)C2(C)C)CC1OC. The molecule has 1 N–H and O–H groups in total. The van der Waals surface area contributed by atoms with Crippen molar-refractivity contribution in [2.75, 3.05) is 27.3 Å². The molecular weight excluding hydrogens is 250 g/mol. The fourth-order valence-corrected chi connectivity index (χ4v) is 3.13. The summed E-state index contributed by atoms with van der Waals surface area (Å²) in [5.74, 6) is -2.01. The average molecular weight is 271 g/mol. The molecule has 1 saturated heterocycles. The number of carboxylic acids is 1. The molecule has 0 aromatic rings. The summed E-state index contributed by atoms with van der Waals surface area (Å²) in [6.45, 7) is 4.58. The van der Waals surface area contributed by atoms with E-state index in [0.717, 1.165) is 0 Å². The lowest BCUT2D eigenvalue weighted by Gasteiger charge is -2.16. The molecule has 2 unspecified atom stereocenters. The molecule has 0 spiro atoms. The molecule has 2 aliphatic rings. The van der Waals surface area contributed by atoms with Crippen molar-refractivity contribution in [3.63, 3.8) is 0 Å². The summed E-state index contributed by atoms with van der Waals surface area (Å²) in [7, 11) is 3.18. The first-order valence-corrected chi connectivity index (χ1v) is 6.41. The van der Waals surface area contributed by atoms with E-state index in [0.29, 0.717) is 13.1 Å². The first-order valence-electron chi connectivity index (χ1n) is 6.41. The second kappa shape index (κ2) is 4.76. The monoisotopic (exact) mass is 271 g/mol. The minimum Gasteiger partial charge on any atom is -0.481 e. The summed E-state index contributed by atoms with van der Waals surface area (Å²) < 4.78 is 10.6. The Labute approximate surface area is 112 Å². The molecule has 1 amide bonds. The van der Waals surface area contributed by atoms with Gasteiger partial charge in [0.1, 0.15) is 12.2 Å². The van der Waals surface area contributed by atoms with Gasteiger partial charge in [0.2, 0.25) is 5.91 Å². The van der Waals surface area contributed by atoms with Gasteiger partial charge in [-0.15, -0.1) is 0 Å². The summed E-state index contributed by atoms with van der Waals surface area (Å²) >= 11 is 0. The minimum atomic E-state index is -0.894. The van der Waals surface area contributed by atoms with Crippen molar-refractivity contribution in [2.45, 2.75) is 26.1 Å². The number of rotatable bonds is 4. The van der Waals surface area contributed by atoms with Crippen LogP contribution in [0.15, 0.2) is 0 Å². The molecule has 2 fully saturated rings. The van der Waals surface area contributed by atoms with Crippen LogP contribution in [0, 0.1) is 17.3 Å². The van der Waals surface area contributed by atoms with Gasteiger partial charge in [0.25, 0.3) is 0 Å². The second-order valence-electron chi connectivity index (χ2n) is 5.91. The Morgan fingerprint density at radius 3 is 1.89 bits per heavy atom. The highest BCUT2D eigenvalue weighted by Crippen LogP contribution is 2.59. The van der Waals surface area contributed by atoms with Crippen LogP contribution in [0.2, 0.25) is 0 Å². The Morgan fingerprint density at radius 2 is 1.58 bits per heavy atom. The molecule has 1 heterocycles. The van der Waals surface area contributed by atoms with Crippen LogP contribution in [0.1, 0.15) is 13.8 Å². The molecule has 6 heteroatoms. The molecule has 2 rings (SSSR count). The van der Waals surface area contributed by atoms with Crippen molar-refractivity contribution in [3.8, 4) is 0 Å². The highest BCUT2D eigenvalue weighted by Gasteiger charge is 2.67.